The maximum Gasteiger partial charge on any atom is 0.289 e. The van der Waals surface area contributed by atoms with E-state index in [0.717, 1.165) is 23.3 Å². The van der Waals surface area contributed by atoms with Gasteiger partial charge in [0.1, 0.15) is 11.4 Å². The topological polar surface area (TPSA) is 70.1 Å². The normalized spacial score (nSPS) is 10.6. The van der Waals surface area contributed by atoms with Crippen LogP contribution in [-0.4, -0.2) is 16.9 Å². The zero-order valence-corrected chi connectivity index (χ0v) is 12.0. The standard InChI is InChI=1S/C15H19N3O2/c1-4-7-18-15(19)12(16)9-13(17-18)11-5-6-14(20-3)10(2)8-11/h5-6,8-9H,4,7,16H2,1-3H3. The van der Waals surface area contributed by atoms with Crippen LogP contribution in [0.4, 0.5) is 5.69 Å². The fourth-order valence-electron chi connectivity index (χ4n) is 2.10. The fraction of sp³-hybridized carbons (Fsp3) is 0.333. The Kier molecular flexibility index (Phi) is 4.08. The van der Waals surface area contributed by atoms with Gasteiger partial charge in [0.2, 0.25) is 0 Å². The molecule has 5 heteroatoms. The second-order valence-corrected chi connectivity index (χ2v) is 4.70. The van der Waals surface area contributed by atoms with E-state index in [0.29, 0.717) is 12.2 Å². The van der Waals surface area contributed by atoms with Gasteiger partial charge in [-0.25, -0.2) is 4.68 Å². The van der Waals surface area contributed by atoms with Gasteiger partial charge in [0.25, 0.3) is 5.56 Å². The SMILES string of the molecule is CCCn1nc(-c2ccc(OC)c(C)c2)cc(N)c1=O. The highest BCUT2D eigenvalue weighted by Gasteiger charge is 2.09. The van der Waals surface area contributed by atoms with Gasteiger partial charge in [-0.1, -0.05) is 6.92 Å². The molecule has 0 aliphatic heterocycles. The molecule has 2 rings (SSSR count). The molecule has 0 bridgehead atoms. The number of nitrogens with two attached hydrogens (primary N) is 1. The number of aryl methyl sites for hydroxylation is 2. The van der Waals surface area contributed by atoms with Crippen LogP contribution in [0, 0.1) is 6.92 Å². The van der Waals surface area contributed by atoms with Gasteiger partial charge in [0.05, 0.1) is 12.8 Å². The average molecular weight is 273 g/mol. The predicted octanol–water partition coefficient (Wildman–Crippen LogP) is 2.22. The van der Waals surface area contributed by atoms with Crippen molar-refractivity contribution in [2.45, 2.75) is 26.8 Å². The van der Waals surface area contributed by atoms with Crippen LogP contribution in [-0.2, 0) is 6.54 Å². The summed E-state index contributed by atoms with van der Waals surface area (Å²) in [6.45, 7) is 4.52. The summed E-state index contributed by atoms with van der Waals surface area (Å²) >= 11 is 0. The van der Waals surface area contributed by atoms with E-state index < -0.39 is 0 Å². The highest BCUT2D eigenvalue weighted by atomic mass is 16.5. The number of benzene rings is 1. The first kappa shape index (κ1) is 14.1. The van der Waals surface area contributed by atoms with Gasteiger partial charge < -0.3 is 10.5 Å². The molecule has 0 unspecified atom stereocenters. The number of hydrogen-bond acceptors (Lipinski definition) is 4. The molecular formula is C15H19N3O2. The minimum absolute atomic E-state index is 0.219. The van der Waals surface area contributed by atoms with Crippen molar-refractivity contribution in [2.75, 3.05) is 12.8 Å². The number of anilines is 1. The van der Waals surface area contributed by atoms with E-state index in [1.54, 1.807) is 13.2 Å². The van der Waals surface area contributed by atoms with E-state index in [4.69, 9.17) is 10.5 Å². The van der Waals surface area contributed by atoms with Gasteiger partial charge in [0.15, 0.2) is 0 Å². The zero-order valence-electron chi connectivity index (χ0n) is 12.0. The van der Waals surface area contributed by atoms with Crippen molar-refractivity contribution in [1.82, 2.24) is 9.78 Å². The third-order valence-electron chi connectivity index (χ3n) is 3.13. The maximum absolute atomic E-state index is 11.9. The Bertz CT molecular complexity index is 677. The highest BCUT2D eigenvalue weighted by Crippen LogP contribution is 2.24. The Morgan fingerprint density at radius 1 is 1.35 bits per heavy atom. The Morgan fingerprint density at radius 3 is 2.70 bits per heavy atom. The molecule has 0 spiro atoms. The van der Waals surface area contributed by atoms with Crippen LogP contribution in [0.1, 0.15) is 18.9 Å². The van der Waals surface area contributed by atoms with Gasteiger partial charge in [0, 0.05) is 12.1 Å². The van der Waals surface area contributed by atoms with E-state index in [1.807, 2.05) is 32.0 Å². The largest absolute Gasteiger partial charge is 0.496 e. The van der Waals surface area contributed by atoms with Gasteiger partial charge >= 0.3 is 0 Å². The van der Waals surface area contributed by atoms with Crippen LogP contribution in [0.3, 0.4) is 0 Å². The van der Waals surface area contributed by atoms with Crippen LogP contribution >= 0.6 is 0 Å². The van der Waals surface area contributed by atoms with Crippen LogP contribution < -0.4 is 16.0 Å². The van der Waals surface area contributed by atoms with Crippen molar-refractivity contribution in [3.63, 3.8) is 0 Å². The minimum Gasteiger partial charge on any atom is -0.496 e. The Balaban J connectivity index is 2.52. The molecule has 0 aliphatic carbocycles. The summed E-state index contributed by atoms with van der Waals surface area (Å²) in [5.74, 6) is 0.823. The Hall–Kier alpha value is -2.30. The summed E-state index contributed by atoms with van der Waals surface area (Å²) in [4.78, 5) is 11.9. The molecule has 106 valence electrons. The Labute approximate surface area is 118 Å². The molecule has 2 aromatic rings. The zero-order chi connectivity index (χ0) is 14.7. The van der Waals surface area contributed by atoms with Crippen molar-refractivity contribution in [3.05, 3.63) is 40.2 Å². The average Bonchev–Trinajstić information content (AvgIpc) is 2.43. The van der Waals surface area contributed by atoms with Crippen molar-refractivity contribution in [1.29, 1.82) is 0 Å². The van der Waals surface area contributed by atoms with E-state index >= 15 is 0 Å². The Morgan fingerprint density at radius 2 is 2.10 bits per heavy atom. The first-order valence-electron chi connectivity index (χ1n) is 6.59. The molecule has 0 amide bonds. The van der Waals surface area contributed by atoms with E-state index in [1.165, 1.54) is 4.68 Å². The molecule has 1 aromatic carbocycles. The number of nitrogen functional groups attached to an aromatic ring is 1. The number of hydrogen-bond donors (Lipinski definition) is 1. The number of rotatable bonds is 4. The smallest absolute Gasteiger partial charge is 0.289 e. The summed E-state index contributed by atoms with van der Waals surface area (Å²) in [7, 11) is 1.64. The fourth-order valence-corrected chi connectivity index (χ4v) is 2.10. The molecule has 0 radical (unpaired) electrons. The lowest BCUT2D eigenvalue weighted by Crippen LogP contribution is -2.25. The second kappa shape index (κ2) is 5.77. The quantitative estimate of drug-likeness (QED) is 0.927. The van der Waals surface area contributed by atoms with Crippen molar-refractivity contribution in [3.8, 4) is 17.0 Å². The molecule has 2 N–H and O–H groups in total. The number of aromatic nitrogens is 2. The molecule has 0 saturated carbocycles. The number of nitrogens with zero attached hydrogens (tertiary/aromatic N) is 2. The van der Waals surface area contributed by atoms with Crippen LogP contribution in [0.5, 0.6) is 5.75 Å². The molecular weight excluding hydrogens is 254 g/mol. The summed E-state index contributed by atoms with van der Waals surface area (Å²) in [6.07, 6.45) is 0.831. The first-order valence-corrected chi connectivity index (χ1v) is 6.59. The third-order valence-corrected chi connectivity index (χ3v) is 3.13. The minimum atomic E-state index is -0.235. The lowest BCUT2D eigenvalue weighted by molar-refractivity contribution is 0.412. The van der Waals surface area contributed by atoms with E-state index in [2.05, 4.69) is 5.10 Å². The van der Waals surface area contributed by atoms with Crippen LogP contribution in [0.2, 0.25) is 0 Å². The summed E-state index contributed by atoms with van der Waals surface area (Å²) in [5.41, 5.74) is 8.39. The molecule has 0 atom stereocenters. The van der Waals surface area contributed by atoms with Crippen molar-refractivity contribution < 1.29 is 4.74 Å². The van der Waals surface area contributed by atoms with E-state index in [9.17, 15) is 4.79 Å². The van der Waals surface area contributed by atoms with Gasteiger partial charge in [-0.2, -0.15) is 5.10 Å². The number of methoxy groups -OCH3 is 1. The van der Waals surface area contributed by atoms with E-state index in [-0.39, 0.29) is 11.2 Å². The van der Waals surface area contributed by atoms with Gasteiger partial charge in [-0.15, -0.1) is 0 Å². The molecule has 1 heterocycles. The maximum atomic E-state index is 11.9. The second-order valence-electron chi connectivity index (χ2n) is 4.70. The molecule has 0 fully saturated rings. The molecule has 20 heavy (non-hydrogen) atoms. The first-order chi connectivity index (χ1) is 9.56. The molecule has 0 aliphatic rings. The molecule has 1 aromatic heterocycles. The van der Waals surface area contributed by atoms with Gasteiger partial charge in [-0.05, 0) is 43.2 Å². The third kappa shape index (κ3) is 2.66. The van der Waals surface area contributed by atoms with Crippen LogP contribution in [0.25, 0.3) is 11.3 Å². The molecule has 0 saturated heterocycles. The lowest BCUT2D eigenvalue weighted by atomic mass is 10.1. The predicted molar refractivity (Wildman–Crippen MR) is 79.9 cm³/mol. The van der Waals surface area contributed by atoms with Crippen LogP contribution in [0.15, 0.2) is 29.1 Å². The summed E-state index contributed by atoms with van der Waals surface area (Å²) < 4.78 is 6.66. The van der Waals surface area contributed by atoms with Gasteiger partial charge in [-0.3, -0.25) is 4.79 Å². The summed E-state index contributed by atoms with van der Waals surface area (Å²) in [6, 6.07) is 7.39. The van der Waals surface area contributed by atoms with Crippen molar-refractivity contribution >= 4 is 5.69 Å². The number of ether oxygens (including phenoxy) is 1. The van der Waals surface area contributed by atoms with Crippen molar-refractivity contribution in [2.24, 2.45) is 0 Å². The molecule has 5 nitrogen and oxygen atoms in total. The summed E-state index contributed by atoms with van der Waals surface area (Å²) in [5, 5.41) is 4.37. The highest BCUT2D eigenvalue weighted by molar-refractivity contribution is 5.64. The monoisotopic (exact) mass is 273 g/mol. The lowest BCUT2D eigenvalue weighted by Gasteiger charge is -2.10.